The zero-order chi connectivity index (χ0) is 38.7. The summed E-state index contributed by atoms with van der Waals surface area (Å²) in [6.45, 7) is 22.5. The summed E-state index contributed by atoms with van der Waals surface area (Å²) in [5, 5.41) is 6.00. The Kier molecular flexibility index (Phi) is 10.3. The monoisotopic (exact) mass is 915 g/mol. The van der Waals surface area contributed by atoms with Crippen molar-refractivity contribution in [1.82, 2.24) is 9.55 Å². The first-order chi connectivity index (χ1) is 26.1. The maximum atomic E-state index is 4.87. The predicted octanol–water partition coefficient (Wildman–Crippen LogP) is 13.0. The van der Waals surface area contributed by atoms with Crippen LogP contribution in [0.15, 0.2) is 128 Å². The Morgan fingerprint density at radius 2 is 1.23 bits per heavy atom. The van der Waals surface area contributed by atoms with Gasteiger partial charge in [-0.3, -0.25) is 0 Å². The van der Waals surface area contributed by atoms with Crippen LogP contribution in [0, 0.1) is 18.8 Å². The molecule has 5 nitrogen and oxygen atoms in total. The molecule has 0 saturated heterocycles. The summed E-state index contributed by atoms with van der Waals surface area (Å²) in [4.78, 5) is 9.23. The maximum Gasteiger partial charge on any atom is 0.135 e. The second-order valence-corrected chi connectivity index (χ2v) is 17.8. The number of para-hydroxylation sites is 1. The van der Waals surface area contributed by atoms with Gasteiger partial charge in [0.1, 0.15) is 5.82 Å². The average molecular weight is 916 g/mol. The molecule has 0 bridgehead atoms. The number of nitrogens with zero attached hydrogens (tertiary/aromatic N) is 4. The first-order valence-electron chi connectivity index (χ1n) is 19.2. The molecule has 0 radical (unpaired) electrons. The summed E-state index contributed by atoms with van der Waals surface area (Å²) >= 11 is 0. The van der Waals surface area contributed by atoms with Crippen LogP contribution in [0.1, 0.15) is 79.0 Å². The molecule has 7 aromatic rings. The third-order valence-electron chi connectivity index (χ3n) is 10.5. The molecule has 1 aliphatic heterocycles. The molecule has 8 rings (SSSR count). The molecule has 6 heteroatoms. The van der Waals surface area contributed by atoms with Gasteiger partial charge in [0.15, 0.2) is 0 Å². The summed E-state index contributed by atoms with van der Waals surface area (Å²) in [7, 11) is 0. The van der Waals surface area contributed by atoms with Crippen molar-refractivity contribution in [3.8, 4) is 16.9 Å². The van der Waals surface area contributed by atoms with E-state index in [1.54, 1.807) is 0 Å². The van der Waals surface area contributed by atoms with Crippen LogP contribution < -0.4 is 15.1 Å². The summed E-state index contributed by atoms with van der Waals surface area (Å²) in [5.41, 5.74) is 12.0. The Balaban J connectivity index is 0.00000480. The number of anilines is 4. The molecule has 56 heavy (non-hydrogen) atoms. The SMILES string of the molecule is CC(C)(C)c1cc(N2C=CN(c3[c-]c(Nc4[c-]c5c(cc4)c4ccccc4n5-c4cc(C(C)(C)C)ccn4)cc(-c4ccccc4)c3)[CH-]2)cc(C(C)(C)C)c1.[Pt]. The maximum absolute atomic E-state index is 4.87. The molecule has 0 saturated carbocycles. The van der Waals surface area contributed by atoms with Crippen molar-refractivity contribution in [2.45, 2.75) is 78.6 Å². The van der Waals surface area contributed by atoms with Crippen molar-refractivity contribution < 1.29 is 21.1 Å². The fourth-order valence-corrected chi connectivity index (χ4v) is 7.19. The van der Waals surface area contributed by atoms with Gasteiger partial charge in [0.05, 0.1) is 0 Å². The van der Waals surface area contributed by atoms with Gasteiger partial charge in [0.2, 0.25) is 0 Å². The zero-order valence-electron chi connectivity index (χ0n) is 33.8. The molecule has 3 heterocycles. The van der Waals surface area contributed by atoms with Crippen molar-refractivity contribution in [3.05, 3.63) is 163 Å². The zero-order valence-corrected chi connectivity index (χ0v) is 36.1. The van der Waals surface area contributed by atoms with Gasteiger partial charge in [-0.2, -0.15) is 6.07 Å². The van der Waals surface area contributed by atoms with E-state index in [1.807, 2.05) is 6.20 Å². The van der Waals surface area contributed by atoms with Crippen LogP contribution in [0.25, 0.3) is 38.8 Å². The molecule has 1 N–H and O–H groups in total. The molecular formula is C50H50N5Pt-3. The fourth-order valence-electron chi connectivity index (χ4n) is 7.19. The Bertz CT molecular complexity index is 2530. The number of hydrogen-bond acceptors (Lipinski definition) is 4. The third kappa shape index (κ3) is 7.80. The third-order valence-corrected chi connectivity index (χ3v) is 10.5. The molecule has 5 aromatic carbocycles. The van der Waals surface area contributed by atoms with E-state index in [0.29, 0.717) is 0 Å². The Morgan fingerprint density at radius 3 is 1.93 bits per heavy atom. The number of pyridine rings is 1. The van der Waals surface area contributed by atoms with Gasteiger partial charge < -0.3 is 19.7 Å². The molecule has 288 valence electrons. The van der Waals surface area contributed by atoms with Crippen molar-refractivity contribution in [2.24, 2.45) is 0 Å². The minimum atomic E-state index is -0.00495. The van der Waals surface area contributed by atoms with E-state index in [-0.39, 0.29) is 37.3 Å². The van der Waals surface area contributed by atoms with Crippen molar-refractivity contribution in [3.63, 3.8) is 0 Å². The van der Waals surface area contributed by atoms with Gasteiger partial charge >= 0.3 is 0 Å². The molecule has 0 unspecified atom stereocenters. The molecule has 0 spiro atoms. The molecule has 0 fully saturated rings. The summed E-state index contributed by atoms with van der Waals surface area (Å²) in [6, 6.07) is 46.5. The largest absolute Gasteiger partial charge is 0.500 e. The fraction of sp³-hybridized carbons (Fsp3) is 0.240. The molecule has 2 aromatic heterocycles. The second-order valence-electron chi connectivity index (χ2n) is 17.8. The number of aromatic nitrogens is 2. The van der Waals surface area contributed by atoms with E-state index in [2.05, 4.69) is 222 Å². The molecule has 0 amide bonds. The molecule has 1 aliphatic rings. The summed E-state index contributed by atoms with van der Waals surface area (Å²) < 4.78 is 2.24. The van der Waals surface area contributed by atoms with Crippen LogP contribution in [-0.4, -0.2) is 9.55 Å². The van der Waals surface area contributed by atoms with Gasteiger partial charge in [0, 0.05) is 38.5 Å². The first-order valence-corrected chi connectivity index (χ1v) is 19.2. The topological polar surface area (TPSA) is 36.3 Å². The molecular weight excluding hydrogens is 866 g/mol. The van der Waals surface area contributed by atoms with Crippen LogP contribution in [-0.2, 0) is 37.3 Å². The smallest absolute Gasteiger partial charge is 0.135 e. The quantitative estimate of drug-likeness (QED) is 0.169. The minimum Gasteiger partial charge on any atom is -0.500 e. The van der Waals surface area contributed by atoms with Crippen molar-refractivity contribution in [1.29, 1.82) is 0 Å². The van der Waals surface area contributed by atoms with Gasteiger partial charge in [0.25, 0.3) is 0 Å². The predicted molar refractivity (Wildman–Crippen MR) is 232 cm³/mol. The number of benzene rings is 5. The number of fused-ring (bicyclic) bond motifs is 3. The molecule has 0 atom stereocenters. The van der Waals surface area contributed by atoms with E-state index in [4.69, 9.17) is 4.98 Å². The Labute approximate surface area is 347 Å². The summed E-state index contributed by atoms with van der Waals surface area (Å²) in [5.74, 6) is 0.885. The number of nitrogens with one attached hydrogen (secondary N) is 1. The van der Waals surface area contributed by atoms with E-state index in [9.17, 15) is 0 Å². The van der Waals surface area contributed by atoms with E-state index in [0.717, 1.165) is 56.1 Å². The first kappa shape index (κ1) is 39.1. The van der Waals surface area contributed by atoms with Crippen LogP contribution in [0.4, 0.5) is 22.7 Å². The van der Waals surface area contributed by atoms with Gasteiger partial charge in [-0.25, -0.2) is 4.98 Å². The normalized spacial score (nSPS) is 13.4. The average Bonchev–Trinajstić information content (AvgIpc) is 3.78. The van der Waals surface area contributed by atoms with Gasteiger partial charge in [-0.15, -0.1) is 53.6 Å². The van der Waals surface area contributed by atoms with Crippen LogP contribution in [0.3, 0.4) is 0 Å². The van der Waals surface area contributed by atoms with Crippen molar-refractivity contribution in [2.75, 3.05) is 15.1 Å². The summed E-state index contributed by atoms with van der Waals surface area (Å²) in [6.07, 6.45) is 6.16. The number of rotatable bonds is 6. The minimum absolute atomic E-state index is 0. The van der Waals surface area contributed by atoms with Crippen molar-refractivity contribution >= 4 is 44.6 Å². The van der Waals surface area contributed by atoms with Gasteiger partial charge in [-0.1, -0.05) is 134 Å². The van der Waals surface area contributed by atoms with Crippen LogP contribution in [0.5, 0.6) is 0 Å². The van der Waals surface area contributed by atoms with Crippen LogP contribution >= 0.6 is 0 Å². The van der Waals surface area contributed by atoms with E-state index >= 15 is 0 Å². The second kappa shape index (κ2) is 14.8. The van der Waals surface area contributed by atoms with E-state index < -0.39 is 0 Å². The van der Waals surface area contributed by atoms with Crippen LogP contribution in [0.2, 0.25) is 0 Å². The standard InChI is InChI=1S/C50H50N5.Pt/c1-48(2,3)36-21-22-51-47(30-36)55-45-18-14-13-17-43(45)44-20-19-39(32-46(44)55)52-40-25-35(34-15-11-10-12-16-34)26-41(31-40)53-23-24-54(33-53)42-28-37(49(4,5)6)27-38(29-42)50(7,8)9;/h10-30,33,52H,1-9H3;/q-3;. The Morgan fingerprint density at radius 1 is 0.571 bits per heavy atom. The number of hydrogen-bond donors (Lipinski definition) is 1. The van der Waals surface area contributed by atoms with E-state index in [1.165, 1.54) is 22.1 Å². The Hall–Kier alpha value is -5.12. The van der Waals surface area contributed by atoms with Gasteiger partial charge in [-0.05, 0) is 86.6 Å². The molecule has 0 aliphatic carbocycles.